The topological polar surface area (TPSA) is 52.6 Å². The molecule has 1 atom stereocenters. The number of carbonyl (C=O) groups excluding carboxylic acids is 2. The van der Waals surface area contributed by atoms with Gasteiger partial charge in [-0.3, -0.25) is 9.59 Å². The molecule has 0 saturated carbocycles. The van der Waals surface area contributed by atoms with Crippen molar-refractivity contribution in [2.45, 2.75) is 39.2 Å². The first-order valence-corrected chi connectivity index (χ1v) is 4.62. The van der Waals surface area contributed by atoms with E-state index >= 15 is 0 Å². The summed E-state index contributed by atoms with van der Waals surface area (Å²) in [6.45, 7) is 2.77. The van der Waals surface area contributed by atoms with Gasteiger partial charge in [-0.05, 0) is 12.5 Å². The van der Waals surface area contributed by atoms with Gasteiger partial charge in [-0.25, -0.2) is 0 Å². The fourth-order valence-electron chi connectivity index (χ4n) is 1.41. The summed E-state index contributed by atoms with van der Waals surface area (Å²) in [7, 11) is 0. The van der Waals surface area contributed by atoms with Crippen molar-refractivity contribution in [1.29, 1.82) is 0 Å². The molecule has 0 unspecified atom stereocenters. The lowest BCUT2D eigenvalue weighted by atomic mass is 10.0. The number of hydrogen-bond acceptors (Lipinski definition) is 4. The zero-order valence-electron chi connectivity index (χ0n) is 8.41. The Bertz CT molecular complexity index is 267. The molecular weight excluding hydrogens is 184 g/mol. The largest absolute Gasteiger partial charge is 0.462 e. The SMILES string of the molecule is CC(=O)OC1=CC[C@H](OC(C)=O)CC1. The van der Waals surface area contributed by atoms with E-state index < -0.39 is 0 Å². The van der Waals surface area contributed by atoms with Crippen LogP contribution < -0.4 is 0 Å². The Labute approximate surface area is 82.9 Å². The van der Waals surface area contributed by atoms with E-state index in [2.05, 4.69) is 0 Å². The highest BCUT2D eigenvalue weighted by Gasteiger charge is 2.18. The first kappa shape index (κ1) is 10.8. The molecule has 0 amide bonds. The monoisotopic (exact) mass is 198 g/mol. The van der Waals surface area contributed by atoms with Crippen LogP contribution in [0.1, 0.15) is 33.1 Å². The van der Waals surface area contributed by atoms with Crippen molar-refractivity contribution in [3.8, 4) is 0 Å². The Balaban J connectivity index is 2.39. The van der Waals surface area contributed by atoms with E-state index in [-0.39, 0.29) is 18.0 Å². The van der Waals surface area contributed by atoms with E-state index in [0.29, 0.717) is 18.6 Å². The van der Waals surface area contributed by atoms with Crippen LogP contribution in [0.2, 0.25) is 0 Å². The van der Waals surface area contributed by atoms with E-state index in [1.165, 1.54) is 13.8 Å². The van der Waals surface area contributed by atoms with Crippen LogP contribution in [0.4, 0.5) is 0 Å². The molecule has 14 heavy (non-hydrogen) atoms. The van der Waals surface area contributed by atoms with E-state index in [0.717, 1.165) is 6.42 Å². The van der Waals surface area contributed by atoms with Crippen LogP contribution in [0.3, 0.4) is 0 Å². The fraction of sp³-hybridized carbons (Fsp3) is 0.600. The molecule has 1 rings (SSSR count). The first-order valence-electron chi connectivity index (χ1n) is 4.62. The summed E-state index contributed by atoms with van der Waals surface area (Å²) < 4.78 is 9.95. The molecule has 1 aliphatic carbocycles. The molecule has 0 radical (unpaired) electrons. The summed E-state index contributed by atoms with van der Waals surface area (Å²) in [4.78, 5) is 21.3. The van der Waals surface area contributed by atoms with Crippen LogP contribution in [-0.2, 0) is 19.1 Å². The van der Waals surface area contributed by atoms with E-state index in [1.807, 2.05) is 0 Å². The summed E-state index contributed by atoms with van der Waals surface area (Å²) in [6, 6.07) is 0. The van der Waals surface area contributed by atoms with Crippen molar-refractivity contribution in [2.75, 3.05) is 0 Å². The maximum Gasteiger partial charge on any atom is 0.307 e. The quantitative estimate of drug-likeness (QED) is 0.632. The van der Waals surface area contributed by atoms with Gasteiger partial charge in [-0.2, -0.15) is 0 Å². The molecule has 4 nitrogen and oxygen atoms in total. The van der Waals surface area contributed by atoms with Gasteiger partial charge in [-0.1, -0.05) is 0 Å². The average molecular weight is 198 g/mol. The minimum Gasteiger partial charge on any atom is -0.462 e. The molecule has 0 saturated heterocycles. The van der Waals surface area contributed by atoms with E-state index in [1.54, 1.807) is 6.08 Å². The lowest BCUT2D eigenvalue weighted by molar-refractivity contribution is -0.147. The van der Waals surface area contributed by atoms with Crippen molar-refractivity contribution in [1.82, 2.24) is 0 Å². The van der Waals surface area contributed by atoms with Gasteiger partial charge in [0.15, 0.2) is 0 Å². The third-order valence-corrected chi connectivity index (χ3v) is 1.93. The highest BCUT2D eigenvalue weighted by Crippen LogP contribution is 2.21. The molecule has 0 aromatic rings. The Morgan fingerprint density at radius 2 is 2.07 bits per heavy atom. The van der Waals surface area contributed by atoms with Crippen molar-refractivity contribution in [3.05, 3.63) is 11.8 Å². The molecule has 78 valence electrons. The summed E-state index contributed by atoms with van der Waals surface area (Å²) >= 11 is 0. The van der Waals surface area contributed by atoms with Crippen LogP contribution in [0, 0.1) is 0 Å². The Morgan fingerprint density at radius 1 is 1.36 bits per heavy atom. The minimum absolute atomic E-state index is 0.0631. The van der Waals surface area contributed by atoms with Crippen molar-refractivity contribution in [3.63, 3.8) is 0 Å². The minimum atomic E-state index is -0.304. The van der Waals surface area contributed by atoms with Crippen molar-refractivity contribution < 1.29 is 19.1 Å². The number of hydrogen-bond donors (Lipinski definition) is 0. The molecule has 0 aromatic heterocycles. The van der Waals surface area contributed by atoms with Gasteiger partial charge in [0.05, 0.1) is 0 Å². The van der Waals surface area contributed by atoms with Crippen molar-refractivity contribution in [2.24, 2.45) is 0 Å². The van der Waals surface area contributed by atoms with E-state index in [9.17, 15) is 9.59 Å². The molecule has 0 heterocycles. The van der Waals surface area contributed by atoms with E-state index in [4.69, 9.17) is 9.47 Å². The molecule has 4 heteroatoms. The van der Waals surface area contributed by atoms with Crippen molar-refractivity contribution >= 4 is 11.9 Å². The second kappa shape index (κ2) is 4.79. The zero-order chi connectivity index (χ0) is 10.6. The molecule has 0 bridgehead atoms. The third-order valence-electron chi connectivity index (χ3n) is 1.93. The van der Waals surface area contributed by atoms with Crippen LogP contribution >= 0.6 is 0 Å². The smallest absolute Gasteiger partial charge is 0.307 e. The third kappa shape index (κ3) is 3.60. The van der Waals surface area contributed by atoms with Gasteiger partial charge in [0.25, 0.3) is 0 Å². The number of allylic oxidation sites excluding steroid dienone is 1. The summed E-state index contributed by atoms with van der Waals surface area (Å²) in [6.07, 6.45) is 3.74. The van der Waals surface area contributed by atoms with Gasteiger partial charge in [0, 0.05) is 26.7 Å². The van der Waals surface area contributed by atoms with Gasteiger partial charge >= 0.3 is 11.9 Å². The second-order valence-electron chi connectivity index (χ2n) is 3.27. The second-order valence-corrected chi connectivity index (χ2v) is 3.27. The maximum absolute atomic E-state index is 10.6. The molecule has 0 spiro atoms. The van der Waals surface area contributed by atoms with Crippen LogP contribution in [0.25, 0.3) is 0 Å². The molecule has 0 aliphatic heterocycles. The van der Waals surface area contributed by atoms with Gasteiger partial charge in [0.1, 0.15) is 11.9 Å². The highest BCUT2D eigenvalue weighted by molar-refractivity contribution is 5.67. The van der Waals surface area contributed by atoms with Crippen LogP contribution in [0.15, 0.2) is 11.8 Å². The summed E-state index contributed by atoms with van der Waals surface area (Å²) in [5, 5.41) is 0. The Kier molecular flexibility index (Phi) is 3.68. The van der Waals surface area contributed by atoms with Gasteiger partial charge < -0.3 is 9.47 Å². The molecule has 0 aromatic carbocycles. The van der Waals surface area contributed by atoms with Crippen LogP contribution in [-0.4, -0.2) is 18.0 Å². The molecule has 0 fully saturated rings. The Hall–Kier alpha value is -1.32. The summed E-state index contributed by atoms with van der Waals surface area (Å²) in [5.41, 5.74) is 0. The molecule has 1 aliphatic rings. The number of esters is 2. The fourth-order valence-corrected chi connectivity index (χ4v) is 1.41. The predicted octanol–water partition coefficient (Wildman–Crippen LogP) is 1.55. The number of rotatable bonds is 2. The molecular formula is C10H14O4. The standard InChI is InChI=1S/C10H14O4/c1-7(11)13-9-3-5-10(6-4-9)14-8(2)12/h3,10H,4-6H2,1-2H3/t10-/m0/s1. The first-order chi connectivity index (χ1) is 6.58. The maximum atomic E-state index is 10.6. The number of ether oxygens (including phenoxy) is 2. The normalized spacial score (nSPS) is 21.0. The zero-order valence-corrected chi connectivity index (χ0v) is 8.41. The molecule has 0 N–H and O–H groups in total. The number of carbonyl (C=O) groups is 2. The Morgan fingerprint density at radius 3 is 2.50 bits per heavy atom. The predicted molar refractivity (Wildman–Crippen MR) is 49.3 cm³/mol. The van der Waals surface area contributed by atoms with Crippen LogP contribution in [0.5, 0.6) is 0 Å². The lowest BCUT2D eigenvalue weighted by Gasteiger charge is -2.20. The summed E-state index contributed by atoms with van der Waals surface area (Å²) in [5.74, 6) is 0.113. The lowest BCUT2D eigenvalue weighted by Crippen LogP contribution is -2.19. The van der Waals surface area contributed by atoms with Gasteiger partial charge in [0.2, 0.25) is 0 Å². The average Bonchev–Trinajstić information content (AvgIpc) is 2.06. The highest BCUT2D eigenvalue weighted by atomic mass is 16.5. The van der Waals surface area contributed by atoms with Gasteiger partial charge in [-0.15, -0.1) is 0 Å².